The van der Waals surface area contributed by atoms with Gasteiger partial charge in [-0.15, -0.1) is 0 Å². The fourth-order valence-corrected chi connectivity index (χ4v) is 4.33. The number of ether oxygens (including phenoxy) is 1. The van der Waals surface area contributed by atoms with Crippen molar-refractivity contribution in [3.8, 4) is 17.9 Å². The average molecular weight is 410 g/mol. The number of para-hydroxylation sites is 1. The molecule has 1 atom stereocenters. The molecule has 4 rings (SSSR count). The van der Waals surface area contributed by atoms with Gasteiger partial charge in [0.1, 0.15) is 18.2 Å². The Hall–Kier alpha value is -4.03. The van der Waals surface area contributed by atoms with Crippen molar-refractivity contribution in [2.45, 2.75) is 31.8 Å². The molecule has 6 heteroatoms. The zero-order valence-electron chi connectivity index (χ0n) is 17.3. The number of benzene rings is 2. The van der Waals surface area contributed by atoms with Gasteiger partial charge in [0.05, 0.1) is 29.2 Å². The van der Waals surface area contributed by atoms with Crippen LogP contribution in [0.1, 0.15) is 41.9 Å². The molecule has 31 heavy (non-hydrogen) atoms. The van der Waals surface area contributed by atoms with Crippen molar-refractivity contribution in [3.63, 3.8) is 0 Å². The number of nitrogens with zero attached hydrogens (tertiary/aromatic N) is 3. The number of Topliss-reactive ketones (excluding diaryl/α,β-unsaturated/α-hetero) is 1. The van der Waals surface area contributed by atoms with E-state index in [1.165, 1.54) is 0 Å². The zero-order valence-corrected chi connectivity index (χ0v) is 17.3. The summed E-state index contributed by atoms with van der Waals surface area (Å²) in [5, 5.41) is 19.3. The Kier molecular flexibility index (Phi) is 5.47. The van der Waals surface area contributed by atoms with E-state index < -0.39 is 5.92 Å². The van der Waals surface area contributed by atoms with Crippen LogP contribution in [0.25, 0.3) is 0 Å². The summed E-state index contributed by atoms with van der Waals surface area (Å²) in [7, 11) is 1.80. The Morgan fingerprint density at radius 3 is 2.61 bits per heavy atom. The monoisotopic (exact) mass is 410 g/mol. The maximum absolute atomic E-state index is 13.0. The van der Waals surface area contributed by atoms with Crippen LogP contribution in [0.5, 0.6) is 5.75 Å². The zero-order chi connectivity index (χ0) is 22.0. The first-order valence-electron chi connectivity index (χ1n) is 10.2. The predicted molar refractivity (Wildman–Crippen MR) is 115 cm³/mol. The van der Waals surface area contributed by atoms with Gasteiger partial charge in [-0.1, -0.05) is 36.4 Å². The lowest BCUT2D eigenvalue weighted by molar-refractivity contribution is -0.116. The van der Waals surface area contributed by atoms with Gasteiger partial charge in [-0.05, 0) is 25.0 Å². The predicted octanol–water partition coefficient (Wildman–Crippen LogP) is 3.87. The third-order valence-corrected chi connectivity index (χ3v) is 5.92. The molecule has 154 valence electrons. The van der Waals surface area contributed by atoms with Gasteiger partial charge in [0.25, 0.3) is 0 Å². The average Bonchev–Trinajstić information content (AvgIpc) is 2.80. The Morgan fingerprint density at radius 1 is 1.10 bits per heavy atom. The Labute approximate surface area is 181 Å². The standard InChI is InChI=1S/C25H22N4O2/c1-29-20-10-6-11-21(30)24(20)23(19(14-27)25(29)28)18-9-4-5-12-22(18)31-15-17-8-3-2-7-16(17)13-26/h2-5,7-9,12,23H,6,10-11,15,28H2,1H3/t23-/m1/s1. The topological polar surface area (TPSA) is 103 Å². The van der Waals surface area contributed by atoms with E-state index in [2.05, 4.69) is 12.1 Å². The molecule has 2 aromatic carbocycles. The first kappa shape index (κ1) is 20.3. The van der Waals surface area contributed by atoms with Gasteiger partial charge in [-0.2, -0.15) is 10.5 Å². The van der Waals surface area contributed by atoms with E-state index in [4.69, 9.17) is 10.5 Å². The van der Waals surface area contributed by atoms with Gasteiger partial charge in [0.15, 0.2) is 5.78 Å². The minimum Gasteiger partial charge on any atom is -0.489 e. The summed E-state index contributed by atoms with van der Waals surface area (Å²) in [5.41, 5.74) is 10.2. The molecule has 0 amide bonds. The van der Waals surface area contributed by atoms with Crippen molar-refractivity contribution in [2.75, 3.05) is 7.05 Å². The highest BCUT2D eigenvalue weighted by Crippen LogP contribution is 2.46. The van der Waals surface area contributed by atoms with E-state index in [0.717, 1.165) is 29.7 Å². The second kappa shape index (κ2) is 8.38. The molecule has 0 unspecified atom stereocenters. The fraction of sp³-hybridized carbons (Fsp3) is 0.240. The highest BCUT2D eigenvalue weighted by molar-refractivity contribution is 6.00. The summed E-state index contributed by atoms with van der Waals surface area (Å²) in [6.07, 6.45) is 1.97. The van der Waals surface area contributed by atoms with Crippen molar-refractivity contribution in [1.82, 2.24) is 4.90 Å². The third kappa shape index (κ3) is 3.53. The van der Waals surface area contributed by atoms with Crippen LogP contribution in [0.4, 0.5) is 0 Å². The first-order valence-corrected chi connectivity index (χ1v) is 10.2. The molecule has 0 saturated carbocycles. The Balaban J connectivity index is 1.78. The Bertz CT molecular complexity index is 1200. The number of carbonyl (C=O) groups excluding carboxylic acids is 1. The lowest BCUT2D eigenvalue weighted by atomic mass is 9.75. The van der Waals surface area contributed by atoms with Crippen LogP contribution in [0.3, 0.4) is 0 Å². The lowest BCUT2D eigenvalue weighted by Gasteiger charge is -2.38. The molecule has 6 nitrogen and oxygen atoms in total. The maximum Gasteiger partial charge on any atom is 0.161 e. The van der Waals surface area contributed by atoms with Crippen LogP contribution in [-0.4, -0.2) is 17.7 Å². The molecular weight excluding hydrogens is 388 g/mol. The largest absolute Gasteiger partial charge is 0.489 e. The van der Waals surface area contributed by atoms with Crippen molar-refractivity contribution in [2.24, 2.45) is 5.73 Å². The van der Waals surface area contributed by atoms with E-state index in [1.54, 1.807) is 18.0 Å². The summed E-state index contributed by atoms with van der Waals surface area (Å²) in [6, 6.07) is 19.1. The summed E-state index contributed by atoms with van der Waals surface area (Å²) in [6.45, 7) is 0.203. The molecule has 0 fully saturated rings. The van der Waals surface area contributed by atoms with Gasteiger partial charge < -0.3 is 15.4 Å². The van der Waals surface area contributed by atoms with Gasteiger partial charge >= 0.3 is 0 Å². The molecule has 2 aromatic rings. The van der Waals surface area contributed by atoms with Crippen molar-refractivity contribution >= 4 is 5.78 Å². The minimum absolute atomic E-state index is 0.0444. The SMILES string of the molecule is CN1C(N)=C(C#N)[C@@H](c2ccccc2OCc2ccccc2C#N)C2=C1CCCC2=O. The molecule has 0 spiro atoms. The number of carbonyl (C=O) groups is 1. The summed E-state index contributed by atoms with van der Waals surface area (Å²) < 4.78 is 6.12. The molecule has 2 aliphatic rings. The third-order valence-electron chi connectivity index (χ3n) is 5.92. The first-order chi connectivity index (χ1) is 15.1. The van der Waals surface area contributed by atoms with E-state index in [1.807, 2.05) is 42.5 Å². The minimum atomic E-state index is -0.564. The number of rotatable bonds is 4. The van der Waals surface area contributed by atoms with Gasteiger partial charge in [0, 0.05) is 35.9 Å². The molecule has 1 aliphatic heterocycles. The second-order valence-corrected chi connectivity index (χ2v) is 7.64. The van der Waals surface area contributed by atoms with Gasteiger partial charge in [-0.3, -0.25) is 4.79 Å². The van der Waals surface area contributed by atoms with Gasteiger partial charge in [-0.25, -0.2) is 0 Å². The van der Waals surface area contributed by atoms with Crippen LogP contribution in [0.15, 0.2) is 71.2 Å². The highest BCUT2D eigenvalue weighted by atomic mass is 16.5. The van der Waals surface area contributed by atoms with Crippen molar-refractivity contribution in [1.29, 1.82) is 10.5 Å². The molecule has 0 radical (unpaired) electrons. The van der Waals surface area contributed by atoms with E-state index in [9.17, 15) is 15.3 Å². The normalized spacial score (nSPS) is 18.4. The molecule has 1 heterocycles. The quantitative estimate of drug-likeness (QED) is 0.821. The van der Waals surface area contributed by atoms with Crippen molar-refractivity contribution in [3.05, 3.63) is 87.9 Å². The molecule has 0 aromatic heterocycles. The maximum atomic E-state index is 13.0. The molecule has 0 bridgehead atoms. The number of nitrogens with two attached hydrogens (primary N) is 1. The number of hydrogen-bond donors (Lipinski definition) is 1. The lowest BCUT2D eigenvalue weighted by Crippen LogP contribution is -2.36. The number of nitriles is 2. The fourth-order valence-electron chi connectivity index (χ4n) is 4.33. The molecule has 2 N–H and O–H groups in total. The number of allylic oxidation sites excluding steroid dienone is 3. The second-order valence-electron chi connectivity index (χ2n) is 7.64. The van der Waals surface area contributed by atoms with Crippen molar-refractivity contribution < 1.29 is 9.53 Å². The highest BCUT2D eigenvalue weighted by Gasteiger charge is 2.39. The molecule has 0 saturated heterocycles. The van der Waals surface area contributed by atoms with Gasteiger partial charge in [0.2, 0.25) is 0 Å². The number of hydrogen-bond acceptors (Lipinski definition) is 6. The molecular formula is C25H22N4O2. The summed E-state index contributed by atoms with van der Waals surface area (Å²) in [5.74, 6) is 0.413. The van der Waals surface area contributed by atoms with E-state index in [-0.39, 0.29) is 12.4 Å². The van der Waals surface area contributed by atoms with E-state index >= 15 is 0 Å². The van der Waals surface area contributed by atoms with E-state index in [0.29, 0.717) is 34.7 Å². The summed E-state index contributed by atoms with van der Waals surface area (Å²) >= 11 is 0. The van der Waals surface area contributed by atoms with Crippen LogP contribution >= 0.6 is 0 Å². The summed E-state index contributed by atoms with van der Waals surface area (Å²) in [4.78, 5) is 14.7. The molecule has 1 aliphatic carbocycles. The number of ketones is 1. The Morgan fingerprint density at radius 2 is 1.84 bits per heavy atom. The van der Waals surface area contributed by atoms with Crippen LogP contribution in [0, 0.1) is 22.7 Å². The van der Waals surface area contributed by atoms with Crippen LogP contribution < -0.4 is 10.5 Å². The van der Waals surface area contributed by atoms with Crippen LogP contribution in [0.2, 0.25) is 0 Å². The van der Waals surface area contributed by atoms with Crippen LogP contribution in [-0.2, 0) is 11.4 Å². The smallest absolute Gasteiger partial charge is 0.161 e.